The fourth-order valence-electron chi connectivity index (χ4n) is 3.47. The number of nitrogens with zero attached hydrogens (tertiary/aromatic N) is 1. The number of benzene rings is 1. The van der Waals surface area contributed by atoms with Gasteiger partial charge in [0.25, 0.3) is 0 Å². The number of likely N-dealkylation sites (tertiary alicyclic amines) is 1. The van der Waals surface area contributed by atoms with E-state index in [-0.39, 0.29) is 11.9 Å². The predicted molar refractivity (Wildman–Crippen MR) is 104 cm³/mol. The Hall–Kier alpha value is -2.05. The lowest BCUT2D eigenvalue weighted by Gasteiger charge is -2.26. The minimum absolute atomic E-state index is 0.0616. The Balaban J connectivity index is 1.66. The van der Waals surface area contributed by atoms with Gasteiger partial charge in [-0.25, -0.2) is 0 Å². The van der Waals surface area contributed by atoms with Crippen LogP contribution in [0.3, 0.4) is 0 Å². The number of thiophene rings is 1. The molecule has 1 atom stereocenters. The maximum Gasteiger partial charge on any atom is 0.234 e. The maximum atomic E-state index is 12.5. The van der Waals surface area contributed by atoms with E-state index in [1.54, 1.807) is 25.6 Å². The summed E-state index contributed by atoms with van der Waals surface area (Å²) >= 11 is 1.68. The van der Waals surface area contributed by atoms with E-state index >= 15 is 0 Å². The molecule has 1 aliphatic heterocycles. The largest absolute Gasteiger partial charge is 0.497 e. The topological polar surface area (TPSA) is 50.8 Å². The van der Waals surface area contributed by atoms with Crippen LogP contribution in [0.4, 0.5) is 0 Å². The number of carbonyl (C=O) groups excluding carboxylic acids is 1. The van der Waals surface area contributed by atoms with Crippen molar-refractivity contribution in [3.8, 4) is 11.5 Å². The van der Waals surface area contributed by atoms with Crippen molar-refractivity contribution in [1.82, 2.24) is 10.2 Å². The average molecular weight is 375 g/mol. The van der Waals surface area contributed by atoms with Crippen LogP contribution in [-0.2, 0) is 11.3 Å². The van der Waals surface area contributed by atoms with Crippen LogP contribution < -0.4 is 14.8 Å². The van der Waals surface area contributed by atoms with Gasteiger partial charge in [0.15, 0.2) is 0 Å². The number of nitrogens with one attached hydrogen (secondary N) is 1. The number of aryl methyl sites for hydroxylation is 1. The molecule has 0 aliphatic carbocycles. The van der Waals surface area contributed by atoms with E-state index in [9.17, 15) is 4.79 Å². The van der Waals surface area contributed by atoms with Gasteiger partial charge in [0.2, 0.25) is 5.91 Å². The first kappa shape index (κ1) is 18.7. The second-order valence-electron chi connectivity index (χ2n) is 6.54. The SMILES string of the molecule is COc1ccc(OC)c(C2CCCN2CC(=O)NCc2sccc2C)c1. The first-order valence-corrected chi connectivity index (χ1v) is 9.76. The summed E-state index contributed by atoms with van der Waals surface area (Å²) in [5.41, 5.74) is 2.32. The lowest BCUT2D eigenvalue weighted by atomic mass is 10.0. The van der Waals surface area contributed by atoms with E-state index in [2.05, 4.69) is 28.6 Å². The Morgan fingerprint density at radius 1 is 1.31 bits per heavy atom. The van der Waals surface area contributed by atoms with Crippen LogP contribution in [0.15, 0.2) is 29.6 Å². The van der Waals surface area contributed by atoms with Crippen molar-refractivity contribution in [1.29, 1.82) is 0 Å². The molecular formula is C20H26N2O3S. The van der Waals surface area contributed by atoms with Gasteiger partial charge in [-0.05, 0) is 61.5 Å². The zero-order valence-electron chi connectivity index (χ0n) is 15.6. The monoisotopic (exact) mass is 374 g/mol. The Morgan fingerprint density at radius 3 is 2.85 bits per heavy atom. The van der Waals surface area contributed by atoms with Crippen molar-refractivity contribution in [3.63, 3.8) is 0 Å². The summed E-state index contributed by atoms with van der Waals surface area (Å²) in [5.74, 6) is 1.72. The fraction of sp³-hybridized carbons (Fsp3) is 0.450. The van der Waals surface area contributed by atoms with E-state index in [0.717, 1.165) is 36.4 Å². The van der Waals surface area contributed by atoms with Crippen molar-refractivity contribution in [3.05, 3.63) is 45.6 Å². The summed E-state index contributed by atoms with van der Waals surface area (Å²) in [6.45, 7) is 3.98. The van der Waals surface area contributed by atoms with Gasteiger partial charge >= 0.3 is 0 Å². The highest BCUT2D eigenvalue weighted by Crippen LogP contribution is 2.38. The van der Waals surface area contributed by atoms with Crippen LogP contribution in [0.25, 0.3) is 0 Å². The molecule has 1 fully saturated rings. The van der Waals surface area contributed by atoms with Crippen LogP contribution in [0, 0.1) is 6.92 Å². The lowest BCUT2D eigenvalue weighted by Crippen LogP contribution is -2.36. The van der Waals surface area contributed by atoms with Gasteiger partial charge in [-0.2, -0.15) is 0 Å². The van der Waals surface area contributed by atoms with Gasteiger partial charge in [-0.3, -0.25) is 9.69 Å². The molecule has 0 radical (unpaired) electrons. The summed E-state index contributed by atoms with van der Waals surface area (Å²) in [7, 11) is 3.35. The van der Waals surface area contributed by atoms with E-state index in [1.165, 1.54) is 10.4 Å². The van der Waals surface area contributed by atoms with Gasteiger partial charge in [0.05, 0.1) is 27.3 Å². The molecule has 1 aromatic heterocycles. The highest BCUT2D eigenvalue weighted by Gasteiger charge is 2.30. The van der Waals surface area contributed by atoms with Crippen LogP contribution in [-0.4, -0.2) is 38.1 Å². The number of rotatable bonds is 7. The Labute approximate surface area is 158 Å². The third-order valence-electron chi connectivity index (χ3n) is 4.92. The summed E-state index contributed by atoms with van der Waals surface area (Å²) in [4.78, 5) is 15.9. The van der Waals surface area contributed by atoms with E-state index < -0.39 is 0 Å². The zero-order valence-corrected chi connectivity index (χ0v) is 16.4. The number of amides is 1. The van der Waals surface area contributed by atoms with Crippen molar-refractivity contribution < 1.29 is 14.3 Å². The van der Waals surface area contributed by atoms with E-state index in [1.807, 2.05) is 18.2 Å². The summed E-state index contributed by atoms with van der Waals surface area (Å²) in [5, 5.41) is 5.11. The normalized spacial score (nSPS) is 17.3. The highest BCUT2D eigenvalue weighted by atomic mass is 32.1. The Bertz CT molecular complexity index is 759. The number of carbonyl (C=O) groups is 1. The molecule has 3 rings (SSSR count). The molecule has 1 saturated heterocycles. The molecule has 2 heterocycles. The van der Waals surface area contributed by atoms with Crippen LogP contribution >= 0.6 is 11.3 Å². The van der Waals surface area contributed by atoms with Crippen LogP contribution in [0.2, 0.25) is 0 Å². The molecule has 1 amide bonds. The Kier molecular flexibility index (Phi) is 6.16. The van der Waals surface area contributed by atoms with Gasteiger partial charge in [-0.15, -0.1) is 11.3 Å². The third-order valence-corrected chi connectivity index (χ3v) is 5.94. The molecule has 26 heavy (non-hydrogen) atoms. The summed E-state index contributed by atoms with van der Waals surface area (Å²) in [6.07, 6.45) is 2.09. The first-order valence-electron chi connectivity index (χ1n) is 8.88. The molecule has 1 aromatic carbocycles. The first-order chi connectivity index (χ1) is 12.6. The molecule has 0 bridgehead atoms. The second kappa shape index (κ2) is 8.56. The Morgan fingerprint density at radius 2 is 2.15 bits per heavy atom. The third kappa shape index (κ3) is 4.19. The molecule has 1 N–H and O–H groups in total. The number of hydrogen-bond acceptors (Lipinski definition) is 5. The smallest absolute Gasteiger partial charge is 0.234 e. The lowest BCUT2D eigenvalue weighted by molar-refractivity contribution is -0.122. The molecular weight excluding hydrogens is 348 g/mol. The molecule has 6 heteroatoms. The van der Waals surface area contributed by atoms with E-state index in [0.29, 0.717) is 13.1 Å². The average Bonchev–Trinajstić information content (AvgIpc) is 3.28. The van der Waals surface area contributed by atoms with Crippen molar-refractivity contribution in [2.75, 3.05) is 27.3 Å². The molecule has 0 saturated carbocycles. The highest BCUT2D eigenvalue weighted by molar-refractivity contribution is 7.10. The van der Waals surface area contributed by atoms with Crippen LogP contribution in [0.5, 0.6) is 11.5 Å². The minimum Gasteiger partial charge on any atom is -0.497 e. The molecule has 1 unspecified atom stereocenters. The quantitative estimate of drug-likeness (QED) is 0.806. The van der Waals surface area contributed by atoms with Gasteiger partial charge < -0.3 is 14.8 Å². The summed E-state index contributed by atoms with van der Waals surface area (Å²) < 4.78 is 10.9. The second-order valence-corrected chi connectivity index (χ2v) is 7.54. The van der Waals surface area contributed by atoms with Crippen molar-refractivity contribution in [2.24, 2.45) is 0 Å². The predicted octanol–water partition coefficient (Wildman–Crippen LogP) is 3.53. The van der Waals surface area contributed by atoms with Gasteiger partial charge in [0, 0.05) is 16.5 Å². The van der Waals surface area contributed by atoms with Gasteiger partial charge in [0.1, 0.15) is 11.5 Å². The standard InChI is InChI=1S/C20H26N2O3S/c1-14-8-10-26-19(14)12-21-20(23)13-22-9-4-5-17(22)16-11-15(24-2)6-7-18(16)25-3/h6-8,10-11,17H,4-5,9,12-13H2,1-3H3,(H,21,23). The molecule has 5 nitrogen and oxygen atoms in total. The number of ether oxygens (including phenoxy) is 2. The molecule has 0 spiro atoms. The van der Waals surface area contributed by atoms with Gasteiger partial charge in [-0.1, -0.05) is 0 Å². The van der Waals surface area contributed by atoms with Crippen LogP contribution in [0.1, 0.15) is 34.9 Å². The summed E-state index contributed by atoms with van der Waals surface area (Å²) in [6, 6.07) is 8.11. The maximum absolute atomic E-state index is 12.5. The number of hydrogen-bond donors (Lipinski definition) is 1. The fourth-order valence-corrected chi connectivity index (χ4v) is 4.32. The molecule has 2 aromatic rings. The zero-order chi connectivity index (χ0) is 18.5. The van der Waals surface area contributed by atoms with Crippen molar-refractivity contribution >= 4 is 17.2 Å². The number of methoxy groups -OCH3 is 2. The van der Waals surface area contributed by atoms with Crippen molar-refractivity contribution in [2.45, 2.75) is 32.4 Å². The minimum atomic E-state index is 0.0616. The molecule has 1 aliphatic rings. The van der Waals surface area contributed by atoms with E-state index in [4.69, 9.17) is 9.47 Å². The molecule has 140 valence electrons.